The van der Waals surface area contributed by atoms with Crippen molar-refractivity contribution < 1.29 is 8.42 Å². The first-order chi connectivity index (χ1) is 9.45. The number of hydrogen-bond acceptors (Lipinski definition) is 7. The predicted octanol–water partition coefficient (Wildman–Crippen LogP) is -1.01. The van der Waals surface area contributed by atoms with Crippen molar-refractivity contribution in [2.24, 2.45) is 0 Å². The quantitative estimate of drug-likeness (QED) is 0.535. The van der Waals surface area contributed by atoms with Crippen molar-refractivity contribution in [1.29, 1.82) is 0 Å². The van der Waals surface area contributed by atoms with Gasteiger partial charge in [0.15, 0.2) is 10.9 Å². The van der Waals surface area contributed by atoms with Gasteiger partial charge in [-0.25, -0.2) is 8.42 Å². The molecule has 0 saturated heterocycles. The van der Waals surface area contributed by atoms with E-state index in [2.05, 4.69) is 40.9 Å². The third-order valence-corrected chi connectivity index (χ3v) is 4.24. The van der Waals surface area contributed by atoms with Crippen molar-refractivity contribution in [2.75, 3.05) is 7.05 Å². The van der Waals surface area contributed by atoms with Gasteiger partial charge in [0.2, 0.25) is 0 Å². The number of nitrogens with zero attached hydrogens (tertiary/aromatic N) is 4. The van der Waals surface area contributed by atoms with E-state index in [1.807, 2.05) is 0 Å². The van der Waals surface area contributed by atoms with E-state index in [0.29, 0.717) is 17.8 Å². The maximum absolute atomic E-state index is 12.3. The molecule has 20 heavy (non-hydrogen) atoms. The van der Waals surface area contributed by atoms with Crippen LogP contribution in [0.15, 0.2) is 5.03 Å². The second-order valence-electron chi connectivity index (χ2n) is 4.28. The molecule has 2 aromatic rings. The largest absolute Gasteiger partial charge is 0.316 e. The predicted molar refractivity (Wildman–Crippen MR) is 69.0 cm³/mol. The van der Waals surface area contributed by atoms with Crippen molar-refractivity contribution in [3.63, 3.8) is 0 Å². The molecule has 11 heteroatoms. The van der Waals surface area contributed by atoms with Gasteiger partial charge in [-0.15, -0.1) is 10.2 Å². The van der Waals surface area contributed by atoms with E-state index in [9.17, 15) is 8.42 Å². The van der Waals surface area contributed by atoms with Crippen LogP contribution in [0, 0.1) is 6.92 Å². The number of aromatic amines is 2. The highest BCUT2D eigenvalue weighted by atomic mass is 32.2. The van der Waals surface area contributed by atoms with Crippen LogP contribution >= 0.6 is 0 Å². The second-order valence-corrected chi connectivity index (χ2v) is 5.90. The molecule has 0 aromatic carbocycles. The third-order valence-electron chi connectivity index (χ3n) is 2.73. The Labute approximate surface area is 115 Å². The van der Waals surface area contributed by atoms with Crippen molar-refractivity contribution in [3.8, 4) is 0 Å². The minimum atomic E-state index is -3.77. The summed E-state index contributed by atoms with van der Waals surface area (Å²) in [6.45, 7) is 3.79. The highest BCUT2D eigenvalue weighted by Gasteiger charge is 2.26. The van der Waals surface area contributed by atoms with Crippen LogP contribution in [0.25, 0.3) is 0 Å². The minimum absolute atomic E-state index is 0.0281. The van der Waals surface area contributed by atoms with Crippen LogP contribution in [0.1, 0.15) is 30.0 Å². The smallest absolute Gasteiger partial charge is 0.260 e. The number of nitrogens with one attached hydrogen (secondary N) is 4. The van der Waals surface area contributed by atoms with Gasteiger partial charge in [0.05, 0.1) is 6.04 Å². The Kier molecular flexibility index (Phi) is 4.11. The Morgan fingerprint density at radius 2 is 2.10 bits per heavy atom. The molecule has 0 bridgehead atoms. The summed E-state index contributed by atoms with van der Waals surface area (Å²) >= 11 is 0. The highest BCUT2D eigenvalue weighted by Crippen LogP contribution is 2.18. The molecule has 2 rings (SSSR count). The van der Waals surface area contributed by atoms with E-state index in [1.54, 1.807) is 20.9 Å². The molecule has 1 atom stereocenters. The Hall–Kier alpha value is -1.85. The van der Waals surface area contributed by atoms with Gasteiger partial charge in [0, 0.05) is 17.8 Å². The van der Waals surface area contributed by atoms with E-state index in [1.165, 1.54) is 0 Å². The average molecular weight is 300 g/mol. The van der Waals surface area contributed by atoms with Gasteiger partial charge in [0.1, 0.15) is 0 Å². The molecule has 0 amide bonds. The number of aryl methyl sites for hydroxylation is 1. The minimum Gasteiger partial charge on any atom is -0.316 e. The summed E-state index contributed by atoms with van der Waals surface area (Å²) in [6, 6.07) is -0.613. The summed E-state index contributed by atoms with van der Waals surface area (Å²) in [4.78, 5) is 0. The Balaban J connectivity index is 2.27. The fourth-order valence-corrected chi connectivity index (χ4v) is 3.13. The topological polar surface area (TPSA) is 141 Å². The molecule has 0 aliphatic heterocycles. The monoisotopic (exact) mass is 300 g/mol. The maximum Gasteiger partial charge on any atom is 0.260 e. The summed E-state index contributed by atoms with van der Waals surface area (Å²) in [5, 5.41) is 22.6. The lowest BCUT2D eigenvalue weighted by Gasteiger charge is -2.10. The zero-order valence-corrected chi connectivity index (χ0v) is 12.1. The maximum atomic E-state index is 12.3. The van der Waals surface area contributed by atoms with Crippen molar-refractivity contribution >= 4 is 10.0 Å². The van der Waals surface area contributed by atoms with E-state index >= 15 is 0 Å². The lowest BCUT2D eigenvalue weighted by molar-refractivity contribution is 0.554. The summed E-state index contributed by atoms with van der Waals surface area (Å²) < 4.78 is 27.1. The summed E-state index contributed by atoms with van der Waals surface area (Å²) in [6.07, 6.45) is 0. The SMILES string of the molecule is CNCc1c(S(=O)(=O)NC(C)c2nn[nH]n2)n[nH]c1C. The van der Waals surface area contributed by atoms with Gasteiger partial charge in [-0.2, -0.15) is 15.0 Å². The molecule has 10 nitrogen and oxygen atoms in total. The number of rotatable bonds is 6. The standard InChI is InChI=1S/C9H16N8O2S/c1-5-7(4-10-3)9(14-11-5)20(18,19)15-6(2)8-12-16-17-13-8/h6,10,15H,4H2,1-3H3,(H,11,14)(H,12,13,16,17). The number of H-pyrrole nitrogens is 2. The van der Waals surface area contributed by atoms with Gasteiger partial charge >= 0.3 is 0 Å². The molecular formula is C9H16N8O2S. The lowest BCUT2D eigenvalue weighted by atomic mass is 10.3. The molecule has 4 N–H and O–H groups in total. The Morgan fingerprint density at radius 1 is 1.35 bits per heavy atom. The van der Waals surface area contributed by atoms with E-state index in [0.717, 1.165) is 0 Å². The van der Waals surface area contributed by atoms with E-state index < -0.39 is 16.1 Å². The number of tetrazole rings is 1. The molecule has 110 valence electrons. The number of aromatic nitrogens is 6. The highest BCUT2D eigenvalue weighted by molar-refractivity contribution is 7.89. The summed E-state index contributed by atoms with van der Waals surface area (Å²) in [5.74, 6) is 0.260. The molecule has 0 aliphatic carbocycles. The lowest BCUT2D eigenvalue weighted by Crippen LogP contribution is -2.29. The van der Waals surface area contributed by atoms with Gasteiger partial charge in [-0.05, 0) is 20.9 Å². The third kappa shape index (κ3) is 2.84. The van der Waals surface area contributed by atoms with Crippen LogP contribution in [-0.4, -0.2) is 46.3 Å². The normalized spacial score (nSPS) is 13.6. The number of sulfonamides is 1. The van der Waals surface area contributed by atoms with Gasteiger partial charge in [0.25, 0.3) is 10.0 Å². The van der Waals surface area contributed by atoms with E-state index in [-0.39, 0.29) is 10.9 Å². The molecular weight excluding hydrogens is 284 g/mol. The van der Waals surface area contributed by atoms with Crippen molar-refractivity contribution in [3.05, 3.63) is 17.1 Å². The first-order valence-corrected chi connectivity index (χ1v) is 7.38. The summed E-state index contributed by atoms with van der Waals surface area (Å²) in [7, 11) is -2.04. The van der Waals surface area contributed by atoms with Crippen molar-refractivity contribution in [1.82, 2.24) is 40.9 Å². The average Bonchev–Trinajstić information content (AvgIpc) is 3.00. The first kappa shape index (κ1) is 14.6. The van der Waals surface area contributed by atoms with Crippen LogP contribution in [0.2, 0.25) is 0 Å². The van der Waals surface area contributed by atoms with Gasteiger partial charge < -0.3 is 5.32 Å². The molecule has 0 fully saturated rings. The van der Waals surface area contributed by atoms with Crippen LogP contribution in [0.3, 0.4) is 0 Å². The fourth-order valence-electron chi connectivity index (χ4n) is 1.73. The molecule has 1 unspecified atom stereocenters. The van der Waals surface area contributed by atoms with E-state index in [4.69, 9.17) is 0 Å². The van der Waals surface area contributed by atoms with Crippen LogP contribution in [-0.2, 0) is 16.6 Å². The Morgan fingerprint density at radius 3 is 2.70 bits per heavy atom. The Bertz CT molecular complexity index is 662. The van der Waals surface area contributed by atoms with Crippen LogP contribution in [0.5, 0.6) is 0 Å². The fraction of sp³-hybridized carbons (Fsp3) is 0.556. The molecule has 0 saturated carbocycles. The zero-order valence-electron chi connectivity index (χ0n) is 11.3. The molecule has 0 spiro atoms. The molecule has 0 radical (unpaired) electrons. The molecule has 0 aliphatic rings. The molecule has 2 aromatic heterocycles. The second kappa shape index (κ2) is 5.64. The van der Waals surface area contributed by atoms with Crippen LogP contribution in [0.4, 0.5) is 0 Å². The van der Waals surface area contributed by atoms with Crippen LogP contribution < -0.4 is 10.0 Å². The molecule has 2 heterocycles. The summed E-state index contributed by atoms with van der Waals surface area (Å²) in [5.41, 5.74) is 1.30. The zero-order chi connectivity index (χ0) is 14.8. The van der Waals surface area contributed by atoms with Gasteiger partial charge in [-0.3, -0.25) is 5.10 Å². The first-order valence-electron chi connectivity index (χ1n) is 5.90. The number of hydrogen-bond donors (Lipinski definition) is 4. The van der Waals surface area contributed by atoms with Crippen molar-refractivity contribution in [2.45, 2.75) is 31.5 Å². The van der Waals surface area contributed by atoms with Gasteiger partial charge in [-0.1, -0.05) is 5.21 Å².